The summed E-state index contributed by atoms with van der Waals surface area (Å²) in [6.07, 6.45) is 0. The quantitative estimate of drug-likeness (QED) is 0.682. The first-order valence-corrected chi connectivity index (χ1v) is 8.21. The van der Waals surface area contributed by atoms with E-state index in [1.807, 2.05) is 0 Å². The summed E-state index contributed by atoms with van der Waals surface area (Å²) < 4.78 is 0.726. The molecule has 0 radical (unpaired) electrons. The molecule has 110 valence electrons. The third-order valence-electron chi connectivity index (χ3n) is 3.36. The Kier molecular flexibility index (Phi) is 3.68. The lowest BCUT2D eigenvalue weighted by Crippen LogP contribution is -2.47. The van der Waals surface area contributed by atoms with Crippen LogP contribution in [0.2, 0.25) is 0 Å². The minimum Gasteiger partial charge on any atom is -0.480 e. The molecule has 2 heterocycles. The van der Waals surface area contributed by atoms with E-state index in [-0.39, 0.29) is 5.69 Å². The van der Waals surface area contributed by atoms with E-state index < -0.39 is 16.9 Å². The second-order valence-electron chi connectivity index (χ2n) is 4.51. The molecule has 2 aromatic rings. The average molecular weight is 325 g/mol. The fourth-order valence-corrected chi connectivity index (χ4v) is 4.13. The molecule has 9 heteroatoms. The van der Waals surface area contributed by atoms with Crippen LogP contribution in [-0.4, -0.2) is 45.1 Å². The summed E-state index contributed by atoms with van der Waals surface area (Å²) in [4.78, 5) is 28.0. The van der Waals surface area contributed by atoms with Gasteiger partial charge in [0, 0.05) is 18.1 Å². The number of hydrogen-bond donors (Lipinski definition) is 1. The van der Waals surface area contributed by atoms with Crippen LogP contribution in [0, 0.1) is 10.1 Å². The SMILES string of the molecule is O=C(O)C1CSCCN1c1ccc2scnc2c1[N+](=O)[O-]. The third-order valence-corrected chi connectivity index (χ3v) is 5.18. The van der Waals surface area contributed by atoms with Crippen molar-refractivity contribution in [3.63, 3.8) is 0 Å². The molecular weight excluding hydrogens is 314 g/mol. The maximum atomic E-state index is 11.4. The molecule has 0 aliphatic carbocycles. The monoisotopic (exact) mass is 325 g/mol. The number of aromatic nitrogens is 1. The predicted molar refractivity (Wildman–Crippen MR) is 82.4 cm³/mol. The lowest BCUT2D eigenvalue weighted by molar-refractivity contribution is -0.382. The van der Waals surface area contributed by atoms with Gasteiger partial charge in [-0.05, 0) is 12.1 Å². The molecule has 0 bridgehead atoms. The molecule has 1 aromatic heterocycles. The zero-order valence-corrected chi connectivity index (χ0v) is 12.4. The minimum absolute atomic E-state index is 0.105. The molecule has 1 aliphatic heterocycles. The van der Waals surface area contributed by atoms with Crippen molar-refractivity contribution in [2.45, 2.75) is 6.04 Å². The normalized spacial score (nSPS) is 18.9. The molecule has 1 aromatic carbocycles. The van der Waals surface area contributed by atoms with Crippen molar-refractivity contribution in [1.29, 1.82) is 0 Å². The van der Waals surface area contributed by atoms with Gasteiger partial charge in [-0.3, -0.25) is 10.1 Å². The number of hydrogen-bond acceptors (Lipinski definition) is 7. The van der Waals surface area contributed by atoms with Crippen LogP contribution >= 0.6 is 23.1 Å². The van der Waals surface area contributed by atoms with E-state index in [0.717, 1.165) is 10.5 Å². The first kappa shape index (κ1) is 14.1. The average Bonchev–Trinajstić information content (AvgIpc) is 2.94. The number of carboxylic acids is 1. The molecule has 1 N–H and O–H groups in total. The molecule has 3 rings (SSSR count). The van der Waals surface area contributed by atoms with Gasteiger partial charge in [0.05, 0.1) is 15.1 Å². The van der Waals surface area contributed by atoms with Crippen LogP contribution in [0.25, 0.3) is 10.2 Å². The zero-order valence-electron chi connectivity index (χ0n) is 10.8. The van der Waals surface area contributed by atoms with E-state index in [0.29, 0.717) is 23.5 Å². The number of rotatable bonds is 3. The summed E-state index contributed by atoms with van der Waals surface area (Å²) >= 11 is 2.87. The van der Waals surface area contributed by atoms with E-state index in [2.05, 4.69) is 4.98 Å². The van der Waals surface area contributed by atoms with Crippen LogP contribution in [0.4, 0.5) is 11.4 Å². The number of benzene rings is 1. The van der Waals surface area contributed by atoms with Gasteiger partial charge in [-0.1, -0.05) is 0 Å². The number of carboxylic acid groups (broad SMARTS) is 1. The fourth-order valence-electron chi connectivity index (χ4n) is 2.41. The van der Waals surface area contributed by atoms with E-state index in [9.17, 15) is 20.0 Å². The van der Waals surface area contributed by atoms with Crippen LogP contribution in [0.3, 0.4) is 0 Å². The van der Waals surface area contributed by atoms with E-state index >= 15 is 0 Å². The highest BCUT2D eigenvalue weighted by atomic mass is 32.2. The topological polar surface area (TPSA) is 96.6 Å². The van der Waals surface area contributed by atoms with Gasteiger partial charge in [0.2, 0.25) is 0 Å². The summed E-state index contributed by atoms with van der Waals surface area (Å²) in [5.74, 6) is 0.201. The Morgan fingerprint density at radius 1 is 1.52 bits per heavy atom. The van der Waals surface area contributed by atoms with Crippen LogP contribution in [0.1, 0.15) is 0 Å². The van der Waals surface area contributed by atoms with E-state index in [1.54, 1.807) is 34.3 Å². The Hall–Kier alpha value is -1.87. The van der Waals surface area contributed by atoms with Gasteiger partial charge in [-0.25, -0.2) is 9.78 Å². The molecule has 0 saturated carbocycles. The number of aliphatic carboxylic acids is 1. The minimum atomic E-state index is -0.963. The van der Waals surface area contributed by atoms with Gasteiger partial charge in [0.25, 0.3) is 0 Å². The summed E-state index contributed by atoms with van der Waals surface area (Å²) in [5, 5.41) is 20.8. The molecule has 1 aliphatic rings. The molecule has 7 nitrogen and oxygen atoms in total. The van der Waals surface area contributed by atoms with Gasteiger partial charge < -0.3 is 10.0 Å². The van der Waals surface area contributed by atoms with Crippen molar-refractivity contribution < 1.29 is 14.8 Å². The van der Waals surface area contributed by atoms with Crippen molar-refractivity contribution in [2.24, 2.45) is 0 Å². The second kappa shape index (κ2) is 5.49. The first-order chi connectivity index (χ1) is 10.1. The van der Waals surface area contributed by atoms with Gasteiger partial charge in [0.15, 0.2) is 5.52 Å². The van der Waals surface area contributed by atoms with Crippen molar-refractivity contribution >= 4 is 50.7 Å². The fraction of sp³-hybridized carbons (Fsp3) is 0.333. The Balaban J connectivity index is 2.16. The maximum Gasteiger partial charge on any atom is 0.327 e. The maximum absolute atomic E-state index is 11.4. The number of fused-ring (bicyclic) bond motifs is 1. The van der Waals surface area contributed by atoms with Crippen molar-refractivity contribution in [3.05, 3.63) is 27.8 Å². The second-order valence-corrected chi connectivity index (χ2v) is 6.55. The first-order valence-electron chi connectivity index (χ1n) is 6.17. The molecule has 1 unspecified atom stereocenters. The Morgan fingerprint density at radius 3 is 3.05 bits per heavy atom. The highest BCUT2D eigenvalue weighted by Crippen LogP contribution is 2.38. The smallest absolute Gasteiger partial charge is 0.327 e. The van der Waals surface area contributed by atoms with Crippen LogP contribution in [0.5, 0.6) is 0 Å². The summed E-state index contributed by atoms with van der Waals surface area (Å²) in [6.45, 7) is 0.470. The lowest BCUT2D eigenvalue weighted by atomic mass is 10.1. The summed E-state index contributed by atoms with van der Waals surface area (Å²) in [6, 6.07) is 2.64. The summed E-state index contributed by atoms with van der Waals surface area (Å²) in [7, 11) is 0. The number of thiazole rings is 1. The van der Waals surface area contributed by atoms with Gasteiger partial charge >= 0.3 is 11.7 Å². The number of nitrogens with zero attached hydrogens (tertiary/aromatic N) is 3. The molecule has 1 saturated heterocycles. The Morgan fingerprint density at radius 2 is 2.33 bits per heavy atom. The molecule has 0 amide bonds. The molecule has 0 spiro atoms. The number of nitro groups is 1. The van der Waals surface area contributed by atoms with E-state index in [4.69, 9.17) is 0 Å². The van der Waals surface area contributed by atoms with Gasteiger partial charge in [0.1, 0.15) is 11.7 Å². The Labute approximate surface area is 127 Å². The number of thioether (sulfide) groups is 1. The van der Waals surface area contributed by atoms with Crippen LogP contribution < -0.4 is 4.90 Å². The molecule has 1 fully saturated rings. The van der Waals surface area contributed by atoms with Gasteiger partial charge in [-0.15, -0.1) is 11.3 Å². The highest BCUT2D eigenvalue weighted by molar-refractivity contribution is 7.99. The largest absolute Gasteiger partial charge is 0.480 e. The van der Waals surface area contributed by atoms with E-state index in [1.165, 1.54) is 11.3 Å². The van der Waals surface area contributed by atoms with Crippen molar-refractivity contribution in [3.8, 4) is 0 Å². The Bertz CT molecular complexity index is 718. The van der Waals surface area contributed by atoms with Gasteiger partial charge in [-0.2, -0.15) is 11.8 Å². The standard InChI is InChI=1S/C12H11N3O4S2/c16-12(17)8-5-20-4-3-14(8)7-1-2-9-10(13-6-21-9)11(7)15(18)19/h1-2,6,8H,3-5H2,(H,16,17). The molecular formula is C12H11N3O4S2. The van der Waals surface area contributed by atoms with Crippen LogP contribution in [0.15, 0.2) is 17.6 Å². The van der Waals surface area contributed by atoms with Crippen molar-refractivity contribution in [2.75, 3.05) is 23.0 Å². The van der Waals surface area contributed by atoms with Crippen LogP contribution in [-0.2, 0) is 4.79 Å². The molecule has 21 heavy (non-hydrogen) atoms. The van der Waals surface area contributed by atoms with Crippen molar-refractivity contribution in [1.82, 2.24) is 4.98 Å². The predicted octanol–water partition coefficient (Wildman–Crippen LogP) is 2.21. The highest BCUT2D eigenvalue weighted by Gasteiger charge is 2.34. The number of anilines is 1. The molecule has 1 atom stereocenters. The number of carbonyl (C=O) groups is 1. The lowest BCUT2D eigenvalue weighted by Gasteiger charge is -2.34. The summed E-state index contributed by atoms with van der Waals surface area (Å²) in [5.41, 5.74) is 2.12. The number of nitro benzene ring substituents is 1. The zero-order chi connectivity index (χ0) is 15.0. The third kappa shape index (κ3) is 2.42.